The monoisotopic (exact) mass is 578 g/mol. The van der Waals surface area contributed by atoms with Gasteiger partial charge in [0.15, 0.2) is 0 Å². The van der Waals surface area contributed by atoms with E-state index < -0.39 is 28.9 Å². The first kappa shape index (κ1) is 27.5. The second-order valence-corrected chi connectivity index (χ2v) is 9.80. The Morgan fingerprint density at radius 2 is 1.94 bits per heavy atom. The predicted molar refractivity (Wildman–Crippen MR) is 142 cm³/mol. The second-order valence-electron chi connectivity index (χ2n) is 7.96. The molecule has 1 atom stereocenters. The molecule has 0 saturated carbocycles. The molecule has 10 nitrogen and oxygen atoms in total. The summed E-state index contributed by atoms with van der Waals surface area (Å²) >= 11 is 5.01. The third-order valence-corrected chi connectivity index (χ3v) is 6.57. The molecule has 0 fully saturated rings. The second kappa shape index (κ2) is 12.2. The van der Waals surface area contributed by atoms with E-state index in [4.69, 9.17) is 9.47 Å². The maximum Gasteiger partial charge on any atom is 0.349 e. The van der Waals surface area contributed by atoms with Gasteiger partial charge < -0.3 is 19.9 Å². The molecule has 0 bridgehead atoms. The first-order valence-corrected chi connectivity index (χ1v) is 13.1. The SMILES string of the molecule is COc1ccc(Oc2c(C)cc(-n3nc(C(=O)NC(CO)CCSC)c(=O)[nH]c3=O)cc2C)cc1Br. The summed E-state index contributed by atoms with van der Waals surface area (Å²) in [5.74, 6) is 1.79. The number of aromatic amines is 1. The molecular weight excluding hydrogens is 552 g/mol. The van der Waals surface area contributed by atoms with Gasteiger partial charge in [-0.1, -0.05) is 0 Å². The highest BCUT2D eigenvalue weighted by Gasteiger charge is 2.20. The molecule has 36 heavy (non-hydrogen) atoms. The fraction of sp³-hybridized carbons (Fsp3) is 0.333. The average Bonchev–Trinajstić information content (AvgIpc) is 2.83. The number of hydrogen-bond donors (Lipinski definition) is 3. The first-order chi connectivity index (χ1) is 17.2. The molecule has 1 unspecified atom stereocenters. The molecule has 0 aliphatic carbocycles. The number of H-pyrrole nitrogens is 1. The number of aliphatic hydroxyl groups is 1. The molecule has 1 amide bonds. The Bertz CT molecular complexity index is 1350. The van der Waals surface area contributed by atoms with Crippen molar-refractivity contribution in [2.75, 3.05) is 25.7 Å². The van der Waals surface area contributed by atoms with Crippen molar-refractivity contribution >= 4 is 33.6 Å². The fourth-order valence-electron chi connectivity index (χ4n) is 3.49. The Balaban J connectivity index is 1.93. The lowest BCUT2D eigenvalue weighted by atomic mass is 10.1. The van der Waals surface area contributed by atoms with E-state index >= 15 is 0 Å². The van der Waals surface area contributed by atoms with Gasteiger partial charge in [-0.15, -0.1) is 0 Å². The van der Waals surface area contributed by atoms with Crippen LogP contribution < -0.4 is 26.0 Å². The summed E-state index contributed by atoms with van der Waals surface area (Å²) in [6, 6.07) is 8.13. The molecule has 2 aromatic carbocycles. The number of aromatic nitrogens is 3. The summed E-state index contributed by atoms with van der Waals surface area (Å²) in [5, 5.41) is 16.2. The minimum Gasteiger partial charge on any atom is -0.496 e. The van der Waals surface area contributed by atoms with Gasteiger partial charge in [-0.2, -0.15) is 21.5 Å². The largest absolute Gasteiger partial charge is 0.496 e. The number of hydrogen-bond acceptors (Lipinski definition) is 8. The maximum atomic E-state index is 12.7. The quantitative estimate of drug-likeness (QED) is 0.334. The highest BCUT2D eigenvalue weighted by Crippen LogP contribution is 2.34. The van der Waals surface area contributed by atoms with E-state index in [2.05, 4.69) is 31.3 Å². The summed E-state index contributed by atoms with van der Waals surface area (Å²) in [7, 11) is 1.58. The number of thioether (sulfide) groups is 1. The molecule has 12 heteroatoms. The van der Waals surface area contributed by atoms with Crippen molar-refractivity contribution in [2.24, 2.45) is 0 Å². The zero-order valence-corrected chi connectivity index (χ0v) is 22.7. The normalized spacial score (nSPS) is 11.7. The highest BCUT2D eigenvalue weighted by atomic mass is 79.9. The molecule has 1 aromatic heterocycles. The van der Waals surface area contributed by atoms with E-state index in [0.717, 1.165) is 14.9 Å². The van der Waals surface area contributed by atoms with Crippen LogP contribution in [0.25, 0.3) is 5.69 Å². The van der Waals surface area contributed by atoms with Gasteiger partial charge in [0.05, 0.1) is 29.9 Å². The van der Waals surface area contributed by atoms with Crippen LogP contribution in [-0.2, 0) is 0 Å². The molecule has 3 aromatic rings. The lowest BCUT2D eigenvalue weighted by Crippen LogP contribution is -2.43. The minimum atomic E-state index is -0.909. The van der Waals surface area contributed by atoms with E-state index in [1.807, 2.05) is 20.1 Å². The topological polar surface area (TPSA) is 136 Å². The summed E-state index contributed by atoms with van der Waals surface area (Å²) < 4.78 is 13.0. The number of rotatable bonds is 10. The number of halogens is 1. The predicted octanol–water partition coefficient (Wildman–Crippen LogP) is 2.94. The summed E-state index contributed by atoms with van der Waals surface area (Å²) in [4.78, 5) is 39.7. The minimum absolute atomic E-state index is 0.283. The number of aryl methyl sites for hydroxylation is 2. The van der Waals surface area contributed by atoms with Gasteiger partial charge in [0.25, 0.3) is 11.5 Å². The average molecular weight is 579 g/mol. The van der Waals surface area contributed by atoms with E-state index in [-0.39, 0.29) is 6.61 Å². The lowest BCUT2D eigenvalue weighted by molar-refractivity contribution is 0.0906. The van der Waals surface area contributed by atoms with Crippen molar-refractivity contribution in [1.29, 1.82) is 0 Å². The molecule has 0 saturated heterocycles. The molecule has 1 heterocycles. The molecular formula is C24H27BrN4O6S. The van der Waals surface area contributed by atoms with Crippen LogP contribution in [0.4, 0.5) is 0 Å². The molecule has 0 radical (unpaired) electrons. The van der Waals surface area contributed by atoms with Crippen LogP contribution in [0.15, 0.2) is 44.4 Å². The van der Waals surface area contributed by atoms with Crippen molar-refractivity contribution in [2.45, 2.75) is 26.3 Å². The first-order valence-electron chi connectivity index (χ1n) is 11.0. The zero-order chi connectivity index (χ0) is 26.4. The van der Waals surface area contributed by atoms with Crippen molar-refractivity contribution in [3.8, 4) is 22.9 Å². The molecule has 192 valence electrons. The summed E-state index contributed by atoms with van der Waals surface area (Å²) in [6.07, 6.45) is 2.43. The van der Waals surface area contributed by atoms with Crippen molar-refractivity contribution in [1.82, 2.24) is 20.1 Å². The fourth-order valence-corrected chi connectivity index (χ4v) is 4.53. The van der Waals surface area contributed by atoms with Crippen molar-refractivity contribution < 1.29 is 19.4 Å². The van der Waals surface area contributed by atoms with Gasteiger partial charge in [-0.3, -0.25) is 14.6 Å². The standard InChI is InChI=1S/C24H27BrN4O6S/c1-13-9-16(10-14(2)21(13)35-17-5-6-19(34-3)18(25)11-17)29-24(33)27-23(32)20(28-29)22(31)26-15(12-30)7-8-36-4/h5-6,9-11,15,30H,7-8,12H2,1-4H3,(H,26,31)(H,27,32,33). The number of amides is 1. The third-order valence-electron chi connectivity index (χ3n) is 5.30. The molecule has 0 spiro atoms. The maximum absolute atomic E-state index is 12.7. The van der Waals surface area contributed by atoms with E-state index in [1.165, 1.54) is 0 Å². The zero-order valence-electron chi connectivity index (χ0n) is 20.3. The van der Waals surface area contributed by atoms with Crippen LogP contribution in [0.5, 0.6) is 17.2 Å². The number of ether oxygens (including phenoxy) is 2. The Labute approximate surface area is 220 Å². The smallest absolute Gasteiger partial charge is 0.349 e. The Morgan fingerprint density at radius 1 is 1.25 bits per heavy atom. The van der Waals surface area contributed by atoms with Gasteiger partial charge >= 0.3 is 5.69 Å². The van der Waals surface area contributed by atoms with Crippen LogP contribution in [0.2, 0.25) is 0 Å². The van der Waals surface area contributed by atoms with Crippen molar-refractivity contribution in [3.63, 3.8) is 0 Å². The number of nitrogens with zero attached hydrogens (tertiary/aromatic N) is 2. The molecule has 0 aliphatic heterocycles. The van der Waals surface area contributed by atoms with Crippen LogP contribution in [0.3, 0.4) is 0 Å². The van der Waals surface area contributed by atoms with Gasteiger partial charge in [-0.25, -0.2) is 4.79 Å². The van der Waals surface area contributed by atoms with Gasteiger partial charge in [0, 0.05) is 0 Å². The number of nitrogens with one attached hydrogen (secondary N) is 2. The number of aliphatic hydroxyl groups excluding tert-OH is 1. The van der Waals surface area contributed by atoms with Crippen LogP contribution in [0, 0.1) is 13.8 Å². The van der Waals surface area contributed by atoms with Crippen LogP contribution >= 0.6 is 27.7 Å². The number of carbonyl (C=O) groups excluding carboxylic acids is 1. The van der Waals surface area contributed by atoms with Crippen molar-refractivity contribution in [3.05, 3.63) is 72.5 Å². The Kier molecular flexibility index (Phi) is 9.35. The van der Waals surface area contributed by atoms with E-state index in [9.17, 15) is 19.5 Å². The number of methoxy groups -OCH3 is 1. The van der Waals surface area contributed by atoms with Crippen LogP contribution in [0.1, 0.15) is 28.0 Å². The van der Waals surface area contributed by atoms with Gasteiger partial charge in [-0.05, 0) is 89.7 Å². The molecule has 0 aliphatic rings. The third kappa shape index (κ3) is 6.37. The highest BCUT2D eigenvalue weighted by molar-refractivity contribution is 9.10. The summed E-state index contributed by atoms with van der Waals surface area (Å²) in [6.45, 7) is 3.34. The lowest BCUT2D eigenvalue weighted by Gasteiger charge is -2.16. The summed E-state index contributed by atoms with van der Waals surface area (Å²) in [5.41, 5.74) is -0.404. The number of carbonyl (C=O) groups is 1. The van der Waals surface area contributed by atoms with E-state index in [1.54, 1.807) is 49.2 Å². The molecule has 3 rings (SSSR count). The van der Waals surface area contributed by atoms with Crippen LogP contribution in [-0.4, -0.2) is 57.5 Å². The number of benzene rings is 2. The van der Waals surface area contributed by atoms with Gasteiger partial charge in [0.2, 0.25) is 5.69 Å². The Hall–Kier alpha value is -3.09. The van der Waals surface area contributed by atoms with E-state index in [0.29, 0.717) is 40.5 Å². The Morgan fingerprint density at radius 3 is 2.53 bits per heavy atom. The van der Waals surface area contributed by atoms with Gasteiger partial charge in [0.1, 0.15) is 17.2 Å². The molecule has 3 N–H and O–H groups in total.